The molecule has 28 heavy (non-hydrogen) atoms. The molecular formula is C20H32N3O4S+. The lowest BCUT2D eigenvalue weighted by molar-refractivity contribution is -0.892. The maximum absolute atomic E-state index is 12.9. The standard InChI is InChI=1S/C20H31N3O4S/c1-3-9-23(17-8-14-28(25,26)16-17)20(24)15-21-10-12-22(13-11-21)18-6-4-5-7-19(18)27-2/h4-7,17H,3,8-16H2,1-2H3/p+1/t17-/m0/s1. The summed E-state index contributed by atoms with van der Waals surface area (Å²) in [6.45, 7) is 6.61. The Bertz CT molecular complexity index is 775. The summed E-state index contributed by atoms with van der Waals surface area (Å²) in [6.07, 6.45) is 1.42. The average molecular weight is 411 g/mol. The molecular weight excluding hydrogens is 378 g/mol. The van der Waals surface area contributed by atoms with E-state index >= 15 is 0 Å². The zero-order valence-corrected chi connectivity index (χ0v) is 17.7. The van der Waals surface area contributed by atoms with Crippen LogP contribution in [0.2, 0.25) is 0 Å². The van der Waals surface area contributed by atoms with E-state index < -0.39 is 9.84 Å². The summed E-state index contributed by atoms with van der Waals surface area (Å²) in [6, 6.07) is 7.87. The number of amides is 1. The Balaban J connectivity index is 1.56. The Morgan fingerprint density at radius 1 is 1.29 bits per heavy atom. The molecule has 0 unspecified atom stereocenters. The van der Waals surface area contributed by atoms with E-state index in [4.69, 9.17) is 4.74 Å². The summed E-state index contributed by atoms with van der Waals surface area (Å²) in [7, 11) is -1.30. The predicted octanol–water partition coefficient (Wildman–Crippen LogP) is -0.174. The van der Waals surface area contributed by atoms with Crippen molar-refractivity contribution in [3.05, 3.63) is 24.3 Å². The minimum atomic E-state index is -2.99. The number of carbonyl (C=O) groups excluding carboxylic acids is 1. The number of nitrogens with zero attached hydrogens (tertiary/aromatic N) is 2. The van der Waals surface area contributed by atoms with Crippen LogP contribution in [0.25, 0.3) is 0 Å². The molecule has 0 spiro atoms. The van der Waals surface area contributed by atoms with E-state index in [2.05, 4.69) is 11.0 Å². The van der Waals surface area contributed by atoms with Gasteiger partial charge >= 0.3 is 0 Å². The highest BCUT2D eigenvalue weighted by Gasteiger charge is 2.35. The normalized spacial score (nSPS) is 22.2. The van der Waals surface area contributed by atoms with Gasteiger partial charge in [0.2, 0.25) is 0 Å². The van der Waals surface area contributed by atoms with Crippen molar-refractivity contribution in [3.63, 3.8) is 0 Å². The molecule has 2 fully saturated rings. The van der Waals surface area contributed by atoms with E-state index in [9.17, 15) is 13.2 Å². The first-order valence-electron chi connectivity index (χ1n) is 10.1. The number of sulfone groups is 1. The van der Waals surface area contributed by atoms with Crippen LogP contribution in [0.3, 0.4) is 0 Å². The molecule has 8 heteroatoms. The quantitative estimate of drug-likeness (QED) is 0.676. The topological polar surface area (TPSA) is 71.4 Å². The maximum atomic E-state index is 12.9. The lowest BCUT2D eigenvalue weighted by Gasteiger charge is -2.35. The second-order valence-corrected chi connectivity index (χ2v) is 9.96. The number of benzene rings is 1. The lowest BCUT2D eigenvalue weighted by atomic mass is 10.2. The smallest absolute Gasteiger partial charge is 0.278 e. The number of rotatable bonds is 7. The molecule has 0 aliphatic carbocycles. The van der Waals surface area contributed by atoms with Crippen LogP contribution in [0.1, 0.15) is 19.8 Å². The zero-order chi connectivity index (χ0) is 20.1. The molecule has 1 N–H and O–H groups in total. The van der Waals surface area contributed by atoms with Crippen LogP contribution in [-0.2, 0) is 14.6 Å². The third kappa shape index (κ3) is 4.97. The van der Waals surface area contributed by atoms with Crippen molar-refractivity contribution in [2.45, 2.75) is 25.8 Å². The van der Waals surface area contributed by atoms with Gasteiger partial charge in [-0.25, -0.2) is 8.42 Å². The van der Waals surface area contributed by atoms with Gasteiger partial charge in [-0.05, 0) is 25.0 Å². The number of carbonyl (C=O) groups is 1. The van der Waals surface area contributed by atoms with Gasteiger partial charge in [-0.1, -0.05) is 19.1 Å². The van der Waals surface area contributed by atoms with Gasteiger partial charge in [0.05, 0.1) is 50.5 Å². The number of methoxy groups -OCH3 is 1. The molecule has 1 aromatic rings. The van der Waals surface area contributed by atoms with Gasteiger partial charge in [-0.15, -0.1) is 0 Å². The summed E-state index contributed by atoms with van der Waals surface area (Å²) in [4.78, 5) is 18.3. The molecule has 2 heterocycles. The van der Waals surface area contributed by atoms with E-state index in [1.165, 1.54) is 4.90 Å². The minimum absolute atomic E-state index is 0.0877. The zero-order valence-electron chi connectivity index (χ0n) is 16.9. The van der Waals surface area contributed by atoms with Crippen molar-refractivity contribution in [1.29, 1.82) is 0 Å². The number of para-hydroxylation sites is 2. The van der Waals surface area contributed by atoms with Crippen molar-refractivity contribution >= 4 is 21.4 Å². The van der Waals surface area contributed by atoms with Crippen LogP contribution >= 0.6 is 0 Å². The molecule has 0 bridgehead atoms. The molecule has 7 nitrogen and oxygen atoms in total. The predicted molar refractivity (Wildman–Crippen MR) is 110 cm³/mol. The van der Waals surface area contributed by atoms with Gasteiger partial charge in [0, 0.05) is 12.6 Å². The largest absolute Gasteiger partial charge is 0.495 e. The Morgan fingerprint density at radius 2 is 2.00 bits per heavy atom. The molecule has 1 aromatic carbocycles. The minimum Gasteiger partial charge on any atom is -0.495 e. The highest BCUT2D eigenvalue weighted by Crippen LogP contribution is 2.27. The highest BCUT2D eigenvalue weighted by atomic mass is 32.2. The second kappa shape index (κ2) is 9.13. The van der Waals surface area contributed by atoms with E-state index in [0.717, 1.165) is 44.0 Å². The molecule has 0 aromatic heterocycles. The third-order valence-corrected chi connectivity index (χ3v) is 7.48. The van der Waals surface area contributed by atoms with Crippen molar-refractivity contribution in [3.8, 4) is 5.75 Å². The van der Waals surface area contributed by atoms with Crippen LogP contribution in [0, 0.1) is 0 Å². The first-order valence-corrected chi connectivity index (χ1v) is 12.0. The average Bonchev–Trinajstić information content (AvgIpc) is 3.06. The SMILES string of the molecule is CCCN(C(=O)C[NH+]1CCN(c2ccccc2OC)CC1)[C@H]1CCS(=O)(=O)C1. The highest BCUT2D eigenvalue weighted by molar-refractivity contribution is 7.91. The van der Waals surface area contributed by atoms with Crippen LogP contribution in [0.15, 0.2) is 24.3 Å². The Kier molecular flexibility index (Phi) is 6.82. The summed E-state index contributed by atoms with van der Waals surface area (Å²) >= 11 is 0. The number of anilines is 1. The first-order chi connectivity index (χ1) is 13.4. The van der Waals surface area contributed by atoms with Gasteiger partial charge in [-0.2, -0.15) is 0 Å². The van der Waals surface area contributed by atoms with E-state index in [-0.39, 0.29) is 23.5 Å². The number of ether oxygens (including phenoxy) is 1. The molecule has 156 valence electrons. The van der Waals surface area contributed by atoms with Gasteiger partial charge < -0.3 is 19.4 Å². The van der Waals surface area contributed by atoms with Gasteiger partial charge in [0.25, 0.3) is 5.91 Å². The van der Waals surface area contributed by atoms with Gasteiger partial charge in [-0.3, -0.25) is 4.79 Å². The van der Waals surface area contributed by atoms with Crippen LogP contribution < -0.4 is 14.5 Å². The fraction of sp³-hybridized carbons (Fsp3) is 0.650. The van der Waals surface area contributed by atoms with E-state index in [1.54, 1.807) is 7.11 Å². The Morgan fingerprint density at radius 3 is 2.61 bits per heavy atom. The molecule has 2 aliphatic rings. The van der Waals surface area contributed by atoms with Crippen LogP contribution in [-0.4, -0.2) is 83.2 Å². The monoisotopic (exact) mass is 410 g/mol. The summed E-state index contributed by atoms with van der Waals surface area (Å²) in [5.74, 6) is 1.29. The number of piperazine rings is 1. The van der Waals surface area contributed by atoms with E-state index in [1.807, 2.05) is 30.0 Å². The van der Waals surface area contributed by atoms with Gasteiger partial charge in [0.15, 0.2) is 16.4 Å². The summed E-state index contributed by atoms with van der Waals surface area (Å²) in [5, 5.41) is 0. The summed E-state index contributed by atoms with van der Waals surface area (Å²) < 4.78 is 29.1. The van der Waals surface area contributed by atoms with E-state index in [0.29, 0.717) is 19.5 Å². The molecule has 0 saturated carbocycles. The second-order valence-electron chi connectivity index (χ2n) is 7.73. The molecule has 3 rings (SSSR count). The Hall–Kier alpha value is -1.80. The fourth-order valence-corrected chi connectivity index (χ4v) is 5.95. The molecule has 2 saturated heterocycles. The number of hydrogen-bond acceptors (Lipinski definition) is 5. The fourth-order valence-electron chi connectivity index (χ4n) is 4.22. The van der Waals surface area contributed by atoms with Gasteiger partial charge in [0.1, 0.15) is 5.75 Å². The van der Waals surface area contributed by atoms with Crippen molar-refractivity contribution in [2.24, 2.45) is 0 Å². The molecule has 2 aliphatic heterocycles. The molecule has 0 radical (unpaired) electrons. The third-order valence-electron chi connectivity index (χ3n) is 5.73. The number of nitrogens with one attached hydrogen (secondary N) is 1. The van der Waals surface area contributed by atoms with Crippen LogP contribution in [0.5, 0.6) is 5.75 Å². The number of quaternary nitrogens is 1. The first kappa shape index (κ1) is 20.9. The van der Waals surface area contributed by atoms with Crippen molar-refractivity contribution < 1.29 is 22.8 Å². The van der Waals surface area contributed by atoms with Crippen molar-refractivity contribution in [1.82, 2.24) is 4.90 Å². The van der Waals surface area contributed by atoms with Crippen LogP contribution in [0.4, 0.5) is 5.69 Å². The molecule has 1 atom stereocenters. The summed E-state index contributed by atoms with van der Waals surface area (Å²) in [5.41, 5.74) is 1.10. The lowest BCUT2D eigenvalue weighted by Crippen LogP contribution is -3.16. The van der Waals surface area contributed by atoms with Crippen molar-refractivity contribution in [2.75, 3.05) is 62.8 Å². The maximum Gasteiger partial charge on any atom is 0.278 e. The number of hydrogen-bond donors (Lipinski definition) is 1. The Labute approximate surface area is 168 Å². The molecule has 1 amide bonds.